The summed E-state index contributed by atoms with van der Waals surface area (Å²) >= 11 is 8.71. The second kappa shape index (κ2) is 12.9. The monoisotopic (exact) mass is 555 g/mol. The molecule has 7 nitrogen and oxygen atoms in total. The molecule has 0 aliphatic rings. The van der Waals surface area contributed by atoms with Crippen LogP contribution in [-0.4, -0.2) is 30.1 Å². The van der Waals surface area contributed by atoms with Crippen LogP contribution in [0, 0.1) is 5.92 Å². The molecule has 182 valence electrons. The number of carbonyl (C=O) groups excluding carboxylic acids is 2. The molecule has 0 aliphatic heterocycles. The lowest BCUT2D eigenvalue weighted by Gasteiger charge is -2.15. The van der Waals surface area contributed by atoms with Crippen LogP contribution in [0.1, 0.15) is 24.2 Å². The molecule has 0 unspecified atom stereocenters. The van der Waals surface area contributed by atoms with Gasteiger partial charge >= 0.3 is 0 Å². The molecular weight excluding hydrogens is 530 g/mol. The average molecular weight is 556 g/mol. The lowest BCUT2D eigenvalue weighted by atomic mass is 10.2. The fraction of sp³-hybridized carbons (Fsp3) is 0.192. The third kappa shape index (κ3) is 8.70. The number of para-hydroxylation sites is 1. The fourth-order valence-corrected chi connectivity index (χ4v) is 3.50. The molecule has 3 N–H and O–H groups in total. The van der Waals surface area contributed by atoms with Crippen molar-refractivity contribution in [1.82, 2.24) is 5.32 Å². The number of benzene rings is 3. The molecule has 0 bridgehead atoms. The largest absolute Gasteiger partial charge is 0.492 e. The number of hydrogen-bond donors (Lipinski definition) is 3. The molecule has 2 amide bonds. The number of ether oxygens (including phenoxy) is 2. The lowest BCUT2D eigenvalue weighted by Crippen LogP contribution is -2.34. The van der Waals surface area contributed by atoms with Gasteiger partial charge in [-0.2, -0.15) is 0 Å². The van der Waals surface area contributed by atoms with Crippen LogP contribution in [-0.2, 0) is 4.79 Å². The molecule has 0 atom stereocenters. The molecule has 9 heteroatoms. The smallest absolute Gasteiger partial charge is 0.262 e. The molecular formula is C26H26BrN3O4S. The Labute approximate surface area is 218 Å². The Balaban J connectivity index is 1.57. The topological polar surface area (TPSA) is 88.7 Å². The van der Waals surface area contributed by atoms with Crippen molar-refractivity contribution in [2.24, 2.45) is 5.92 Å². The van der Waals surface area contributed by atoms with Crippen LogP contribution in [0.5, 0.6) is 11.5 Å². The number of nitrogens with one attached hydrogen (secondary N) is 3. The number of hydrogen-bond acceptors (Lipinski definition) is 5. The molecule has 0 heterocycles. The van der Waals surface area contributed by atoms with Gasteiger partial charge < -0.3 is 20.1 Å². The molecule has 3 aromatic carbocycles. The summed E-state index contributed by atoms with van der Waals surface area (Å²) in [6.45, 7) is 4.43. The normalized spacial score (nSPS) is 10.4. The van der Waals surface area contributed by atoms with Gasteiger partial charge in [0, 0.05) is 15.8 Å². The minimum Gasteiger partial charge on any atom is -0.492 e. The Kier molecular flexibility index (Phi) is 9.63. The van der Waals surface area contributed by atoms with E-state index in [2.05, 4.69) is 31.9 Å². The van der Waals surface area contributed by atoms with Crippen LogP contribution >= 0.6 is 28.1 Å². The number of carbonyl (C=O) groups is 2. The molecule has 35 heavy (non-hydrogen) atoms. The van der Waals surface area contributed by atoms with E-state index < -0.39 is 5.91 Å². The Bertz CT molecular complexity index is 1190. The maximum Gasteiger partial charge on any atom is 0.262 e. The van der Waals surface area contributed by atoms with Crippen LogP contribution in [0.4, 0.5) is 11.4 Å². The van der Waals surface area contributed by atoms with Crippen molar-refractivity contribution >= 4 is 56.4 Å². The summed E-state index contributed by atoms with van der Waals surface area (Å²) in [6.07, 6.45) is 0. The van der Waals surface area contributed by atoms with Gasteiger partial charge in [-0.3, -0.25) is 14.9 Å². The summed E-state index contributed by atoms with van der Waals surface area (Å²) in [5, 5.41) is 8.52. The zero-order valence-electron chi connectivity index (χ0n) is 19.3. The van der Waals surface area contributed by atoms with Gasteiger partial charge in [-0.05, 0) is 66.7 Å². The molecule has 0 saturated carbocycles. The first-order chi connectivity index (χ1) is 16.8. The Morgan fingerprint density at radius 1 is 0.914 bits per heavy atom. The highest BCUT2D eigenvalue weighted by Crippen LogP contribution is 2.24. The highest BCUT2D eigenvalue weighted by Gasteiger charge is 2.15. The molecule has 0 aliphatic carbocycles. The van der Waals surface area contributed by atoms with Gasteiger partial charge in [-0.25, -0.2) is 0 Å². The van der Waals surface area contributed by atoms with Gasteiger partial charge in [0.1, 0.15) is 11.5 Å². The van der Waals surface area contributed by atoms with E-state index in [1.807, 2.05) is 38.1 Å². The van der Waals surface area contributed by atoms with Gasteiger partial charge in [0.25, 0.3) is 11.8 Å². The zero-order chi connectivity index (χ0) is 25.2. The number of amides is 2. The SMILES string of the molecule is CC(C)COc1ccc(Br)cc1C(=O)NC(=S)Nc1cccc(NC(=O)COc2ccccc2)c1. The van der Waals surface area contributed by atoms with Crippen LogP contribution in [0.2, 0.25) is 0 Å². The van der Waals surface area contributed by atoms with Crippen molar-refractivity contribution in [2.75, 3.05) is 23.8 Å². The first kappa shape index (κ1) is 26.2. The van der Waals surface area contributed by atoms with Gasteiger partial charge in [-0.15, -0.1) is 0 Å². The zero-order valence-corrected chi connectivity index (χ0v) is 21.7. The summed E-state index contributed by atoms with van der Waals surface area (Å²) in [5.41, 5.74) is 1.52. The molecule has 0 radical (unpaired) electrons. The minimum absolute atomic E-state index is 0.112. The molecule has 0 saturated heterocycles. The van der Waals surface area contributed by atoms with Gasteiger partial charge in [0.15, 0.2) is 11.7 Å². The summed E-state index contributed by atoms with van der Waals surface area (Å²) in [7, 11) is 0. The highest BCUT2D eigenvalue weighted by atomic mass is 79.9. The van der Waals surface area contributed by atoms with E-state index in [1.54, 1.807) is 48.5 Å². The third-order valence-corrected chi connectivity index (χ3v) is 5.20. The van der Waals surface area contributed by atoms with E-state index in [0.29, 0.717) is 41.0 Å². The second-order valence-electron chi connectivity index (χ2n) is 7.98. The first-order valence-corrected chi connectivity index (χ1v) is 12.1. The van der Waals surface area contributed by atoms with Crippen molar-refractivity contribution < 1.29 is 19.1 Å². The maximum absolute atomic E-state index is 12.9. The van der Waals surface area contributed by atoms with E-state index in [-0.39, 0.29) is 17.6 Å². The van der Waals surface area contributed by atoms with E-state index in [4.69, 9.17) is 21.7 Å². The quantitative estimate of drug-likeness (QED) is 0.296. The van der Waals surface area contributed by atoms with Gasteiger partial charge in [-0.1, -0.05) is 54.0 Å². The summed E-state index contributed by atoms with van der Waals surface area (Å²) in [5.74, 6) is 0.706. The molecule has 0 aromatic heterocycles. The van der Waals surface area contributed by atoms with E-state index >= 15 is 0 Å². The molecule has 3 rings (SSSR count). The Morgan fingerprint density at radius 2 is 1.63 bits per heavy atom. The first-order valence-electron chi connectivity index (χ1n) is 10.9. The summed E-state index contributed by atoms with van der Waals surface area (Å²) in [4.78, 5) is 25.1. The van der Waals surface area contributed by atoms with E-state index in [1.165, 1.54) is 0 Å². The summed E-state index contributed by atoms with van der Waals surface area (Å²) in [6, 6.07) is 21.3. The highest BCUT2D eigenvalue weighted by molar-refractivity contribution is 9.10. The molecule has 0 spiro atoms. The average Bonchev–Trinajstić information content (AvgIpc) is 2.82. The Morgan fingerprint density at radius 3 is 2.34 bits per heavy atom. The van der Waals surface area contributed by atoms with Gasteiger partial charge in [0.2, 0.25) is 0 Å². The van der Waals surface area contributed by atoms with Crippen molar-refractivity contribution in [3.8, 4) is 11.5 Å². The van der Waals surface area contributed by atoms with Gasteiger partial charge in [0.05, 0.1) is 12.2 Å². The molecule has 3 aromatic rings. The van der Waals surface area contributed by atoms with Crippen molar-refractivity contribution in [2.45, 2.75) is 13.8 Å². The van der Waals surface area contributed by atoms with E-state index in [0.717, 1.165) is 4.47 Å². The van der Waals surface area contributed by atoms with Crippen LogP contribution in [0.25, 0.3) is 0 Å². The van der Waals surface area contributed by atoms with Crippen molar-refractivity contribution in [1.29, 1.82) is 0 Å². The van der Waals surface area contributed by atoms with Crippen molar-refractivity contribution in [3.63, 3.8) is 0 Å². The standard InChI is InChI=1S/C26H26BrN3O4S/c1-17(2)15-34-23-12-11-18(27)13-22(23)25(32)30-26(35)29-20-8-6-7-19(14-20)28-24(31)16-33-21-9-4-3-5-10-21/h3-14,17H,15-16H2,1-2H3,(H,28,31)(H2,29,30,32,35). The number of thiocarbonyl (C=S) groups is 1. The minimum atomic E-state index is -0.398. The predicted octanol–water partition coefficient (Wildman–Crippen LogP) is 5.63. The predicted molar refractivity (Wildman–Crippen MR) is 145 cm³/mol. The Hall–Kier alpha value is -3.43. The van der Waals surface area contributed by atoms with Crippen LogP contribution in [0.15, 0.2) is 77.3 Å². The van der Waals surface area contributed by atoms with E-state index in [9.17, 15) is 9.59 Å². The second-order valence-corrected chi connectivity index (χ2v) is 9.31. The number of rotatable bonds is 9. The van der Waals surface area contributed by atoms with Crippen LogP contribution in [0.3, 0.4) is 0 Å². The van der Waals surface area contributed by atoms with Crippen molar-refractivity contribution in [3.05, 3.63) is 82.8 Å². The third-order valence-electron chi connectivity index (χ3n) is 4.50. The number of anilines is 2. The molecule has 0 fully saturated rings. The van der Waals surface area contributed by atoms with Crippen LogP contribution < -0.4 is 25.4 Å². The summed E-state index contributed by atoms with van der Waals surface area (Å²) < 4.78 is 12.0. The maximum atomic E-state index is 12.9. The fourth-order valence-electron chi connectivity index (χ4n) is 2.93. The lowest BCUT2D eigenvalue weighted by molar-refractivity contribution is -0.118. The number of halogens is 1.